The number of nitrogens with zero attached hydrogens (tertiary/aromatic N) is 2. The topological polar surface area (TPSA) is 64.2 Å². The Hall–Kier alpha value is -3.48. The average Bonchev–Trinajstić information content (AvgIpc) is 2.68. The molecule has 0 aliphatic carbocycles. The Balaban J connectivity index is 1.93. The number of halogens is 2. The number of benzene rings is 2. The fraction of sp³-hybridized carbons (Fsp3) is 0.182. The molecule has 0 amide bonds. The SMILES string of the molecule is C=C(Cn1c(O)cc(=O)n(CC(C)c2cccc(F)c2)c1=O)c1cccc(F)c1. The first-order chi connectivity index (χ1) is 13.8. The van der Waals surface area contributed by atoms with Crippen LogP contribution in [0, 0.1) is 11.6 Å². The summed E-state index contributed by atoms with van der Waals surface area (Å²) in [6.07, 6.45) is 0. The summed E-state index contributed by atoms with van der Waals surface area (Å²) in [5.74, 6) is -1.68. The summed E-state index contributed by atoms with van der Waals surface area (Å²) in [6, 6.07) is 12.6. The summed E-state index contributed by atoms with van der Waals surface area (Å²) in [4.78, 5) is 25.1. The molecule has 1 heterocycles. The maximum absolute atomic E-state index is 13.5. The van der Waals surface area contributed by atoms with Crippen LogP contribution in [-0.2, 0) is 13.1 Å². The van der Waals surface area contributed by atoms with E-state index in [9.17, 15) is 23.5 Å². The number of hydrogen-bond donors (Lipinski definition) is 1. The fourth-order valence-electron chi connectivity index (χ4n) is 3.10. The van der Waals surface area contributed by atoms with E-state index in [2.05, 4.69) is 6.58 Å². The molecule has 0 spiro atoms. The molecule has 0 saturated carbocycles. The van der Waals surface area contributed by atoms with Crippen molar-refractivity contribution in [1.82, 2.24) is 9.13 Å². The van der Waals surface area contributed by atoms with Gasteiger partial charge in [0.2, 0.25) is 5.88 Å². The van der Waals surface area contributed by atoms with Crippen LogP contribution in [0.2, 0.25) is 0 Å². The predicted octanol–water partition coefficient (Wildman–Crippen LogP) is 3.51. The summed E-state index contributed by atoms with van der Waals surface area (Å²) in [6.45, 7) is 5.50. The van der Waals surface area contributed by atoms with Gasteiger partial charge in [0.05, 0.1) is 12.6 Å². The normalized spacial score (nSPS) is 12.0. The maximum Gasteiger partial charge on any atom is 0.334 e. The Bertz CT molecular complexity index is 1180. The van der Waals surface area contributed by atoms with Crippen molar-refractivity contribution in [2.24, 2.45) is 0 Å². The van der Waals surface area contributed by atoms with Crippen LogP contribution in [0.15, 0.2) is 70.8 Å². The van der Waals surface area contributed by atoms with E-state index in [-0.39, 0.29) is 19.0 Å². The van der Waals surface area contributed by atoms with Crippen LogP contribution in [0.5, 0.6) is 5.88 Å². The molecule has 0 aliphatic rings. The molecule has 5 nitrogen and oxygen atoms in total. The highest BCUT2D eigenvalue weighted by Crippen LogP contribution is 2.19. The first-order valence-electron chi connectivity index (χ1n) is 8.99. The molecule has 7 heteroatoms. The zero-order chi connectivity index (χ0) is 21.1. The molecule has 0 bridgehead atoms. The third-order valence-corrected chi connectivity index (χ3v) is 4.71. The van der Waals surface area contributed by atoms with E-state index in [1.165, 1.54) is 30.3 Å². The smallest absolute Gasteiger partial charge is 0.334 e. The quantitative estimate of drug-likeness (QED) is 0.691. The number of rotatable bonds is 6. The molecular formula is C22H20F2N2O3. The van der Waals surface area contributed by atoms with Crippen molar-refractivity contribution in [3.63, 3.8) is 0 Å². The molecule has 3 aromatic rings. The number of aromatic hydroxyl groups is 1. The van der Waals surface area contributed by atoms with Gasteiger partial charge in [-0.15, -0.1) is 0 Å². The first-order valence-corrected chi connectivity index (χ1v) is 8.99. The largest absolute Gasteiger partial charge is 0.494 e. The van der Waals surface area contributed by atoms with Gasteiger partial charge >= 0.3 is 5.69 Å². The van der Waals surface area contributed by atoms with Gasteiger partial charge < -0.3 is 5.11 Å². The van der Waals surface area contributed by atoms with Gasteiger partial charge in [-0.05, 0) is 46.9 Å². The lowest BCUT2D eigenvalue weighted by Crippen LogP contribution is -2.40. The van der Waals surface area contributed by atoms with Gasteiger partial charge in [0.25, 0.3) is 5.56 Å². The molecule has 1 N–H and O–H groups in total. The van der Waals surface area contributed by atoms with E-state index in [1.54, 1.807) is 25.1 Å². The van der Waals surface area contributed by atoms with Crippen molar-refractivity contribution in [2.75, 3.05) is 0 Å². The van der Waals surface area contributed by atoms with Gasteiger partial charge in [0.15, 0.2) is 0 Å². The van der Waals surface area contributed by atoms with E-state index >= 15 is 0 Å². The van der Waals surface area contributed by atoms with E-state index in [0.717, 1.165) is 15.2 Å². The van der Waals surface area contributed by atoms with E-state index in [4.69, 9.17) is 0 Å². The molecule has 2 aromatic carbocycles. The molecule has 150 valence electrons. The number of aromatic nitrogens is 2. The van der Waals surface area contributed by atoms with Crippen LogP contribution in [0.3, 0.4) is 0 Å². The lowest BCUT2D eigenvalue weighted by Gasteiger charge is -2.17. The fourth-order valence-corrected chi connectivity index (χ4v) is 3.10. The van der Waals surface area contributed by atoms with Gasteiger partial charge in [-0.3, -0.25) is 13.9 Å². The second kappa shape index (κ2) is 8.26. The standard InChI is InChI=1S/C22H20F2N2O3/c1-14(16-5-3-7-18(23)9-16)12-25-20(27)11-21(28)26(22(25)29)13-15(2)17-6-4-8-19(24)10-17/h3-11,15,27H,1,12-13H2,2H3. The van der Waals surface area contributed by atoms with Crippen LogP contribution in [0.25, 0.3) is 5.57 Å². The van der Waals surface area contributed by atoms with Crippen LogP contribution in [0.1, 0.15) is 24.0 Å². The van der Waals surface area contributed by atoms with Gasteiger partial charge in [-0.2, -0.15) is 0 Å². The van der Waals surface area contributed by atoms with Crippen LogP contribution >= 0.6 is 0 Å². The van der Waals surface area contributed by atoms with Crippen LogP contribution in [-0.4, -0.2) is 14.2 Å². The third-order valence-electron chi connectivity index (χ3n) is 4.71. The molecule has 0 aliphatic heterocycles. The third kappa shape index (κ3) is 4.51. The summed E-state index contributed by atoms with van der Waals surface area (Å²) >= 11 is 0. The molecular weight excluding hydrogens is 378 g/mol. The first kappa shape index (κ1) is 20.3. The predicted molar refractivity (Wildman–Crippen MR) is 107 cm³/mol. The van der Waals surface area contributed by atoms with Crippen molar-refractivity contribution in [3.05, 3.63) is 105 Å². The summed E-state index contributed by atoms with van der Waals surface area (Å²) in [5, 5.41) is 10.1. The lowest BCUT2D eigenvalue weighted by atomic mass is 10.0. The minimum absolute atomic E-state index is 0.00778. The van der Waals surface area contributed by atoms with Crippen molar-refractivity contribution >= 4 is 5.57 Å². The summed E-state index contributed by atoms with van der Waals surface area (Å²) in [5.41, 5.74) is 0.117. The Morgan fingerprint density at radius 2 is 1.69 bits per heavy atom. The average molecular weight is 398 g/mol. The number of hydrogen-bond acceptors (Lipinski definition) is 3. The highest BCUT2D eigenvalue weighted by Gasteiger charge is 2.16. The Kier molecular flexibility index (Phi) is 5.77. The van der Waals surface area contributed by atoms with E-state index in [0.29, 0.717) is 16.7 Å². The monoisotopic (exact) mass is 398 g/mol. The molecule has 1 aromatic heterocycles. The van der Waals surface area contributed by atoms with Crippen molar-refractivity contribution in [1.29, 1.82) is 0 Å². The van der Waals surface area contributed by atoms with E-state index in [1.807, 2.05) is 0 Å². The Morgan fingerprint density at radius 1 is 1.03 bits per heavy atom. The highest BCUT2D eigenvalue weighted by atomic mass is 19.1. The minimum atomic E-state index is -0.726. The number of allylic oxidation sites excluding steroid dienone is 1. The molecule has 29 heavy (non-hydrogen) atoms. The minimum Gasteiger partial charge on any atom is -0.494 e. The molecule has 1 unspecified atom stereocenters. The molecule has 0 fully saturated rings. The van der Waals surface area contributed by atoms with E-state index < -0.39 is 28.8 Å². The van der Waals surface area contributed by atoms with Crippen molar-refractivity contribution in [3.8, 4) is 5.88 Å². The van der Waals surface area contributed by atoms with Gasteiger partial charge in [-0.25, -0.2) is 13.6 Å². The van der Waals surface area contributed by atoms with Gasteiger partial charge in [0.1, 0.15) is 11.6 Å². The summed E-state index contributed by atoms with van der Waals surface area (Å²) < 4.78 is 28.9. The molecule has 0 radical (unpaired) electrons. The van der Waals surface area contributed by atoms with Crippen LogP contribution < -0.4 is 11.2 Å². The summed E-state index contributed by atoms with van der Waals surface area (Å²) in [7, 11) is 0. The van der Waals surface area contributed by atoms with Crippen LogP contribution in [0.4, 0.5) is 8.78 Å². The highest BCUT2D eigenvalue weighted by molar-refractivity contribution is 5.63. The Labute approximate surface area is 165 Å². The van der Waals surface area contributed by atoms with Gasteiger partial charge in [-0.1, -0.05) is 37.8 Å². The van der Waals surface area contributed by atoms with Gasteiger partial charge in [0, 0.05) is 6.54 Å². The zero-order valence-electron chi connectivity index (χ0n) is 15.8. The molecule has 1 atom stereocenters. The Morgan fingerprint density at radius 3 is 2.34 bits per heavy atom. The molecule has 0 saturated heterocycles. The second-order valence-corrected chi connectivity index (χ2v) is 6.89. The molecule has 3 rings (SSSR count). The maximum atomic E-state index is 13.5. The second-order valence-electron chi connectivity index (χ2n) is 6.89. The lowest BCUT2D eigenvalue weighted by molar-refractivity contribution is 0.397. The van der Waals surface area contributed by atoms with Crippen molar-refractivity contribution < 1.29 is 13.9 Å². The van der Waals surface area contributed by atoms with Crippen molar-refractivity contribution in [2.45, 2.75) is 25.9 Å². The zero-order valence-corrected chi connectivity index (χ0v) is 15.8.